The Morgan fingerprint density at radius 2 is 1.18 bits per heavy atom. The summed E-state index contributed by atoms with van der Waals surface area (Å²) in [6.07, 6.45) is 9.00. The van der Waals surface area contributed by atoms with E-state index in [2.05, 4.69) is 46.3 Å². The van der Waals surface area contributed by atoms with E-state index in [0.717, 1.165) is 12.8 Å². The predicted octanol–water partition coefficient (Wildman–Crippen LogP) is 3.90. The van der Waals surface area contributed by atoms with Gasteiger partial charge in [-0.2, -0.15) is 0 Å². The summed E-state index contributed by atoms with van der Waals surface area (Å²) in [5.74, 6) is 0. The number of hydrogen-bond acceptors (Lipinski definition) is 0. The summed E-state index contributed by atoms with van der Waals surface area (Å²) in [7, 11) is 0. The smallest absolute Gasteiger partial charge is 0.0310 e. The van der Waals surface area contributed by atoms with E-state index in [4.69, 9.17) is 0 Å². The van der Waals surface area contributed by atoms with E-state index in [1.165, 1.54) is 11.1 Å². The van der Waals surface area contributed by atoms with Crippen LogP contribution < -0.4 is 0 Å². The van der Waals surface area contributed by atoms with E-state index in [0.29, 0.717) is 0 Å². The molecule has 0 heteroatoms. The first kappa shape index (κ1) is 10.5. The molecule has 0 saturated carbocycles. The molecule has 0 aromatic rings. The lowest BCUT2D eigenvalue weighted by atomic mass is 10.1. The first-order valence-corrected chi connectivity index (χ1v) is 4.21. The molecular weight excluding hydrogens is 132 g/mol. The fourth-order valence-electron chi connectivity index (χ4n) is 0.734. The summed E-state index contributed by atoms with van der Waals surface area (Å²) < 4.78 is 0. The molecule has 0 unspecified atom stereocenters. The molecule has 0 bridgehead atoms. The molecule has 0 N–H and O–H groups in total. The first-order valence-electron chi connectivity index (χ1n) is 4.21. The van der Waals surface area contributed by atoms with Crippen molar-refractivity contribution in [3.8, 4) is 0 Å². The van der Waals surface area contributed by atoms with Gasteiger partial charge in [-0.05, 0) is 47.0 Å². The van der Waals surface area contributed by atoms with Gasteiger partial charge in [0.25, 0.3) is 0 Å². The molecule has 0 nitrogen and oxygen atoms in total. The largest absolute Gasteiger partial charge is 0.0856 e. The minimum atomic E-state index is 1.10. The third kappa shape index (κ3) is 9.48. The average molecular weight is 151 g/mol. The standard InChI is InChI=1S/C11H19/c1-10(2)8-6-5-7-9-11(3)4/h5,8-9H,6-7H2,1-4H3. The van der Waals surface area contributed by atoms with Gasteiger partial charge in [0.1, 0.15) is 0 Å². The topological polar surface area (TPSA) is 0 Å². The van der Waals surface area contributed by atoms with E-state index in [1.54, 1.807) is 0 Å². The highest BCUT2D eigenvalue weighted by atomic mass is 13.9. The Bertz CT molecular complexity index is 123. The average Bonchev–Trinajstić information content (AvgIpc) is 1.85. The lowest BCUT2D eigenvalue weighted by Gasteiger charge is -1.92. The Labute approximate surface area is 71.0 Å². The zero-order chi connectivity index (χ0) is 8.69. The van der Waals surface area contributed by atoms with Crippen LogP contribution in [-0.2, 0) is 0 Å². The van der Waals surface area contributed by atoms with Crippen molar-refractivity contribution in [3.63, 3.8) is 0 Å². The number of rotatable bonds is 4. The van der Waals surface area contributed by atoms with Gasteiger partial charge in [0.2, 0.25) is 0 Å². The van der Waals surface area contributed by atoms with Crippen molar-refractivity contribution in [2.24, 2.45) is 0 Å². The van der Waals surface area contributed by atoms with E-state index in [1.807, 2.05) is 0 Å². The second kappa shape index (κ2) is 6.21. The minimum absolute atomic E-state index is 1.10. The van der Waals surface area contributed by atoms with Gasteiger partial charge in [-0.25, -0.2) is 0 Å². The third-order valence-electron chi connectivity index (χ3n) is 1.39. The van der Waals surface area contributed by atoms with Crippen molar-refractivity contribution >= 4 is 0 Å². The molecule has 63 valence electrons. The first-order chi connectivity index (χ1) is 5.13. The Kier molecular flexibility index (Phi) is 5.91. The Morgan fingerprint density at radius 1 is 0.818 bits per heavy atom. The van der Waals surface area contributed by atoms with Crippen LogP contribution in [0.4, 0.5) is 0 Å². The van der Waals surface area contributed by atoms with Crippen LogP contribution in [0.1, 0.15) is 40.5 Å². The minimum Gasteiger partial charge on any atom is -0.0856 e. The molecule has 0 heterocycles. The molecule has 0 spiro atoms. The molecule has 1 radical (unpaired) electrons. The molecule has 0 fully saturated rings. The highest BCUT2D eigenvalue weighted by Crippen LogP contribution is 2.01. The van der Waals surface area contributed by atoms with E-state index in [-0.39, 0.29) is 0 Å². The van der Waals surface area contributed by atoms with Crippen LogP contribution in [0, 0.1) is 6.42 Å². The normalized spacial score (nSPS) is 9.09. The molecule has 0 aromatic heterocycles. The highest BCUT2D eigenvalue weighted by Gasteiger charge is 1.83. The number of unbranched alkanes of at least 4 members (excludes halogenated alkanes) is 2. The molecule has 0 atom stereocenters. The summed E-state index contributed by atoms with van der Waals surface area (Å²) in [5.41, 5.74) is 2.80. The van der Waals surface area contributed by atoms with E-state index >= 15 is 0 Å². The zero-order valence-corrected chi connectivity index (χ0v) is 8.15. The molecule has 0 amide bonds. The fourth-order valence-corrected chi connectivity index (χ4v) is 0.734. The van der Waals surface area contributed by atoms with Gasteiger partial charge in [0, 0.05) is 0 Å². The van der Waals surface area contributed by atoms with Gasteiger partial charge < -0.3 is 0 Å². The van der Waals surface area contributed by atoms with Crippen LogP contribution in [0.5, 0.6) is 0 Å². The van der Waals surface area contributed by atoms with Crippen LogP contribution in [-0.4, -0.2) is 0 Å². The Morgan fingerprint density at radius 3 is 1.45 bits per heavy atom. The molecule has 0 aromatic carbocycles. The van der Waals surface area contributed by atoms with E-state index in [9.17, 15) is 0 Å². The van der Waals surface area contributed by atoms with Gasteiger partial charge in [-0.1, -0.05) is 23.3 Å². The van der Waals surface area contributed by atoms with Gasteiger partial charge in [0.15, 0.2) is 0 Å². The number of hydrogen-bond donors (Lipinski definition) is 0. The van der Waals surface area contributed by atoms with Crippen LogP contribution in [0.15, 0.2) is 23.3 Å². The summed E-state index contributed by atoms with van der Waals surface area (Å²) in [6, 6.07) is 0. The van der Waals surface area contributed by atoms with E-state index < -0.39 is 0 Å². The van der Waals surface area contributed by atoms with Crippen molar-refractivity contribution in [3.05, 3.63) is 29.7 Å². The maximum absolute atomic E-state index is 2.29. The van der Waals surface area contributed by atoms with Crippen molar-refractivity contribution in [2.45, 2.75) is 40.5 Å². The quantitative estimate of drug-likeness (QED) is 0.422. The summed E-state index contributed by atoms with van der Waals surface area (Å²) in [5, 5.41) is 0. The van der Waals surface area contributed by atoms with Gasteiger partial charge in [-0.15, -0.1) is 0 Å². The molecular formula is C11H19. The lowest BCUT2D eigenvalue weighted by molar-refractivity contribution is 1.07. The molecule has 0 saturated heterocycles. The number of allylic oxidation sites excluding steroid dienone is 4. The van der Waals surface area contributed by atoms with Gasteiger partial charge >= 0.3 is 0 Å². The van der Waals surface area contributed by atoms with Gasteiger partial charge in [0.05, 0.1) is 0 Å². The maximum atomic E-state index is 2.29. The second-order valence-corrected chi connectivity index (χ2v) is 3.32. The summed E-state index contributed by atoms with van der Waals surface area (Å²) in [6.45, 7) is 8.53. The van der Waals surface area contributed by atoms with Crippen molar-refractivity contribution < 1.29 is 0 Å². The van der Waals surface area contributed by atoms with Crippen LogP contribution in [0.3, 0.4) is 0 Å². The monoisotopic (exact) mass is 151 g/mol. The van der Waals surface area contributed by atoms with Crippen LogP contribution >= 0.6 is 0 Å². The predicted molar refractivity (Wildman–Crippen MR) is 52.4 cm³/mol. The summed E-state index contributed by atoms with van der Waals surface area (Å²) >= 11 is 0. The SMILES string of the molecule is CC(C)=CC[CH]CC=C(C)C. The van der Waals surface area contributed by atoms with Crippen LogP contribution in [0.25, 0.3) is 0 Å². The lowest BCUT2D eigenvalue weighted by Crippen LogP contribution is -1.73. The Balaban J connectivity index is 3.29. The molecule has 0 rings (SSSR count). The molecule has 0 aliphatic rings. The Hall–Kier alpha value is -0.520. The summed E-state index contributed by atoms with van der Waals surface area (Å²) in [4.78, 5) is 0. The second-order valence-electron chi connectivity index (χ2n) is 3.32. The molecule has 0 aliphatic heterocycles. The van der Waals surface area contributed by atoms with Crippen LogP contribution in [0.2, 0.25) is 0 Å². The van der Waals surface area contributed by atoms with Crippen molar-refractivity contribution in [2.75, 3.05) is 0 Å². The molecule has 11 heavy (non-hydrogen) atoms. The van der Waals surface area contributed by atoms with Crippen molar-refractivity contribution in [1.29, 1.82) is 0 Å². The fraction of sp³-hybridized carbons (Fsp3) is 0.545. The third-order valence-corrected chi connectivity index (χ3v) is 1.39. The highest BCUT2D eigenvalue weighted by molar-refractivity contribution is 5.00. The van der Waals surface area contributed by atoms with Crippen molar-refractivity contribution in [1.82, 2.24) is 0 Å². The van der Waals surface area contributed by atoms with Gasteiger partial charge in [-0.3, -0.25) is 0 Å². The maximum Gasteiger partial charge on any atom is -0.0310 e. The zero-order valence-electron chi connectivity index (χ0n) is 8.15. The molecule has 0 aliphatic carbocycles.